The van der Waals surface area contributed by atoms with Gasteiger partial charge in [-0.3, -0.25) is 0 Å². The third kappa shape index (κ3) is 1.89. The Labute approximate surface area is 88.2 Å². The molecule has 0 spiro atoms. The third-order valence-corrected chi connectivity index (χ3v) is 4.82. The Morgan fingerprint density at radius 3 is 2.67 bits per heavy atom. The van der Waals surface area contributed by atoms with Gasteiger partial charge in [-0.1, -0.05) is 12.1 Å². The van der Waals surface area contributed by atoms with Crippen molar-refractivity contribution in [3.8, 4) is 0 Å². The lowest BCUT2D eigenvalue weighted by Gasteiger charge is -2.10. The summed E-state index contributed by atoms with van der Waals surface area (Å²) in [5, 5.41) is 2.47. The molecule has 0 amide bonds. The zero-order valence-corrected chi connectivity index (χ0v) is 8.93. The van der Waals surface area contributed by atoms with Crippen LogP contribution in [0.2, 0.25) is 0 Å². The summed E-state index contributed by atoms with van der Waals surface area (Å²) < 4.78 is 37.3. The molecule has 0 aromatic heterocycles. The highest BCUT2D eigenvalue weighted by Crippen LogP contribution is 2.22. The Bertz CT molecular complexity index is 452. The Hall–Kier alpha value is -0.940. The highest BCUT2D eigenvalue weighted by atomic mass is 32.2. The molecule has 82 valence electrons. The summed E-state index contributed by atoms with van der Waals surface area (Å²) in [6, 6.07) is 5.53. The average molecular weight is 229 g/mol. The minimum atomic E-state index is -3.51. The molecule has 1 aliphatic rings. The number of nitrogens with one attached hydrogen (secondary N) is 1. The van der Waals surface area contributed by atoms with Gasteiger partial charge in [0.25, 0.3) is 0 Å². The quantitative estimate of drug-likeness (QED) is 0.821. The first kappa shape index (κ1) is 10.6. The van der Waals surface area contributed by atoms with Gasteiger partial charge in [-0.15, -0.1) is 0 Å². The van der Waals surface area contributed by atoms with E-state index in [0.717, 1.165) is 0 Å². The zero-order chi connectivity index (χ0) is 10.9. The molecule has 2 rings (SSSR count). The molecule has 0 radical (unpaired) electrons. The van der Waals surface area contributed by atoms with Crippen molar-refractivity contribution in [2.75, 3.05) is 13.1 Å². The van der Waals surface area contributed by atoms with Crippen LogP contribution in [0.1, 0.15) is 6.42 Å². The second-order valence-electron chi connectivity index (χ2n) is 3.59. The van der Waals surface area contributed by atoms with Crippen molar-refractivity contribution in [3.05, 3.63) is 30.1 Å². The maximum atomic E-state index is 13.3. The lowest BCUT2D eigenvalue weighted by atomic mass is 10.3. The maximum absolute atomic E-state index is 13.3. The van der Waals surface area contributed by atoms with Crippen molar-refractivity contribution >= 4 is 9.84 Å². The van der Waals surface area contributed by atoms with Gasteiger partial charge in [0.1, 0.15) is 10.7 Å². The maximum Gasteiger partial charge on any atom is 0.185 e. The summed E-state index contributed by atoms with van der Waals surface area (Å²) in [6.07, 6.45) is 0.552. The molecular weight excluding hydrogens is 217 g/mol. The van der Waals surface area contributed by atoms with E-state index >= 15 is 0 Å². The van der Waals surface area contributed by atoms with Gasteiger partial charge in [-0.2, -0.15) is 0 Å². The normalized spacial score (nSPS) is 21.8. The number of hydrogen-bond donors (Lipinski definition) is 1. The lowest BCUT2D eigenvalue weighted by molar-refractivity contribution is 0.558. The molecule has 15 heavy (non-hydrogen) atoms. The van der Waals surface area contributed by atoms with Gasteiger partial charge in [-0.05, 0) is 25.1 Å². The van der Waals surface area contributed by atoms with Crippen LogP contribution in [0.5, 0.6) is 0 Å². The van der Waals surface area contributed by atoms with Gasteiger partial charge in [-0.25, -0.2) is 12.8 Å². The van der Waals surface area contributed by atoms with Crippen LogP contribution in [0.4, 0.5) is 4.39 Å². The molecular formula is C10H12FNO2S. The molecule has 0 saturated carbocycles. The monoisotopic (exact) mass is 229 g/mol. The SMILES string of the molecule is O=S(=O)(c1ccccc1F)C1CCNC1. The minimum absolute atomic E-state index is 0.182. The van der Waals surface area contributed by atoms with Crippen molar-refractivity contribution in [3.63, 3.8) is 0 Å². The van der Waals surface area contributed by atoms with E-state index in [-0.39, 0.29) is 4.90 Å². The van der Waals surface area contributed by atoms with Crippen LogP contribution in [-0.4, -0.2) is 26.8 Å². The molecule has 1 heterocycles. The van der Waals surface area contributed by atoms with E-state index in [2.05, 4.69) is 5.32 Å². The smallest absolute Gasteiger partial charge is 0.185 e. The van der Waals surface area contributed by atoms with Crippen LogP contribution in [0.3, 0.4) is 0 Å². The van der Waals surface area contributed by atoms with Crippen LogP contribution in [-0.2, 0) is 9.84 Å². The second-order valence-corrected chi connectivity index (χ2v) is 5.79. The van der Waals surface area contributed by atoms with E-state index in [1.54, 1.807) is 6.07 Å². The standard InChI is InChI=1S/C10H12FNO2S/c11-9-3-1-2-4-10(9)15(13,14)8-5-6-12-7-8/h1-4,8,12H,5-7H2. The van der Waals surface area contributed by atoms with Crippen molar-refractivity contribution < 1.29 is 12.8 Å². The first-order valence-corrected chi connectivity index (χ1v) is 6.36. The molecule has 1 saturated heterocycles. The molecule has 1 unspecified atom stereocenters. The van der Waals surface area contributed by atoms with Gasteiger partial charge in [0.2, 0.25) is 0 Å². The number of benzene rings is 1. The Kier molecular flexibility index (Phi) is 2.75. The van der Waals surface area contributed by atoms with Gasteiger partial charge in [0, 0.05) is 6.54 Å². The number of halogens is 1. The molecule has 0 bridgehead atoms. The van der Waals surface area contributed by atoms with E-state index in [0.29, 0.717) is 19.5 Å². The molecule has 0 aliphatic carbocycles. The summed E-state index contributed by atoms with van der Waals surface area (Å²) in [6.45, 7) is 1.09. The van der Waals surface area contributed by atoms with Crippen LogP contribution in [0.25, 0.3) is 0 Å². The molecule has 1 atom stereocenters. The summed E-state index contributed by atoms with van der Waals surface area (Å²) in [4.78, 5) is -0.182. The fourth-order valence-corrected chi connectivity index (χ4v) is 3.48. The van der Waals surface area contributed by atoms with E-state index < -0.39 is 20.9 Å². The molecule has 1 N–H and O–H groups in total. The van der Waals surface area contributed by atoms with E-state index in [1.165, 1.54) is 18.2 Å². The van der Waals surface area contributed by atoms with Crippen LogP contribution < -0.4 is 5.32 Å². The van der Waals surface area contributed by atoms with Gasteiger partial charge < -0.3 is 5.32 Å². The predicted octanol–water partition coefficient (Wildman–Crippen LogP) is 0.961. The Balaban J connectivity index is 2.41. The van der Waals surface area contributed by atoms with Crippen LogP contribution >= 0.6 is 0 Å². The molecule has 1 aromatic carbocycles. The van der Waals surface area contributed by atoms with Gasteiger partial charge in [0.15, 0.2) is 9.84 Å². The van der Waals surface area contributed by atoms with E-state index in [9.17, 15) is 12.8 Å². The summed E-state index contributed by atoms with van der Waals surface area (Å²) in [7, 11) is -3.51. The van der Waals surface area contributed by atoms with Crippen molar-refractivity contribution in [1.29, 1.82) is 0 Å². The number of hydrogen-bond acceptors (Lipinski definition) is 3. The van der Waals surface area contributed by atoms with Gasteiger partial charge >= 0.3 is 0 Å². The molecule has 5 heteroatoms. The third-order valence-electron chi connectivity index (χ3n) is 2.60. The van der Waals surface area contributed by atoms with Crippen molar-refractivity contribution in [2.45, 2.75) is 16.6 Å². The van der Waals surface area contributed by atoms with E-state index in [1.807, 2.05) is 0 Å². The highest BCUT2D eigenvalue weighted by molar-refractivity contribution is 7.92. The average Bonchev–Trinajstić information content (AvgIpc) is 2.71. The Morgan fingerprint density at radius 2 is 2.07 bits per heavy atom. The lowest BCUT2D eigenvalue weighted by Crippen LogP contribution is -2.24. The highest BCUT2D eigenvalue weighted by Gasteiger charge is 2.31. The minimum Gasteiger partial charge on any atom is -0.315 e. The fraction of sp³-hybridized carbons (Fsp3) is 0.400. The summed E-state index contributed by atoms with van der Waals surface area (Å²) in [5.74, 6) is -0.663. The first-order valence-electron chi connectivity index (χ1n) is 4.81. The summed E-state index contributed by atoms with van der Waals surface area (Å²) >= 11 is 0. The topological polar surface area (TPSA) is 46.2 Å². The largest absolute Gasteiger partial charge is 0.315 e. The van der Waals surface area contributed by atoms with Gasteiger partial charge in [0.05, 0.1) is 5.25 Å². The number of rotatable bonds is 2. The molecule has 3 nitrogen and oxygen atoms in total. The summed E-state index contributed by atoms with van der Waals surface area (Å²) in [5.41, 5.74) is 0. The second kappa shape index (κ2) is 3.90. The predicted molar refractivity (Wildman–Crippen MR) is 54.9 cm³/mol. The van der Waals surface area contributed by atoms with Crippen molar-refractivity contribution in [2.24, 2.45) is 0 Å². The molecule has 1 aromatic rings. The van der Waals surface area contributed by atoms with Crippen molar-refractivity contribution in [1.82, 2.24) is 5.32 Å². The van der Waals surface area contributed by atoms with Crippen LogP contribution in [0.15, 0.2) is 29.2 Å². The van der Waals surface area contributed by atoms with E-state index in [4.69, 9.17) is 0 Å². The Morgan fingerprint density at radius 1 is 1.33 bits per heavy atom. The first-order chi connectivity index (χ1) is 7.12. The zero-order valence-electron chi connectivity index (χ0n) is 8.11. The molecule has 1 fully saturated rings. The van der Waals surface area contributed by atoms with Crippen LogP contribution in [0, 0.1) is 5.82 Å². The molecule has 1 aliphatic heterocycles. The fourth-order valence-electron chi connectivity index (χ4n) is 1.75. The number of sulfone groups is 1.